The minimum atomic E-state index is 0.288. The first-order valence-corrected chi connectivity index (χ1v) is 9.41. The van der Waals surface area contributed by atoms with Crippen molar-refractivity contribution in [2.24, 2.45) is 0 Å². The molecule has 0 amide bonds. The van der Waals surface area contributed by atoms with Crippen molar-refractivity contribution in [2.45, 2.75) is 19.4 Å². The third-order valence-electron chi connectivity index (χ3n) is 4.79. The highest BCUT2D eigenvalue weighted by Crippen LogP contribution is 2.32. The van der Waals surface area contributed by atoms with E-state index in [1.165, 1.54) is 16.9 Å². The maximum absolute atomic E-state index is 3.48. The number of nitrogens with zero attached hydrogens (tertiary/aromatic N) is 1. The van der Waals surface area contributed by atoms with E-state index in [1.54, 1.807) is 0 Å². The molecular weight excluding hydrogens is 328 g/mol. The molecule has 0 heterocycles. The number of hydrogen-bond donors (Lipinski definition) is 1. The summed E-state index contributed by atoms with van der Waals surface area (Å²) in [5.41, 5.74) is 5.98. The lowest BCUT2D eigenvalue weighted by Crippen LogP contribution is -2.30. The molecule has 2 heteroatoms. The first-order valence-electron chi connectivity index (χ1n) is 9.41. The number of allylic oxidation sites excluding steroid dienone is 1. The number of anilines is 3. The van der Waals surface area contributed by atoms with Gasteiger partial charge in [0.1, 0.15) is 0 Å². The van der Waals surface area contributed by atoms with Crippen LogP contribution in [0.4, 0.5) is 17.1 Å². The van der Waals surface area contributed by atoms with Gasteiger partial charge in [-0.2, -0.15) is 0 Å². The second-order valence-electron chi connectivity index (χ2n) is 6.86. The molecule has 0 aromatic heterocycles. The Morgan fingerprint density at radius 1 is 0.815 bits per heavy atom. The Hall–Kier alpha value is -3.26. The molecule has 134 valence electrons. The molecule has 1 atom stereocenters. The Morgan fingerprint density at radius 2 is 1.52 bits per heavy atom. The smallest absolute Gasteiger partial charge is 0.0561 e. The predicted octanol–water partition coefficient (Wildman–Crippen LogP) is 6.46. The van der Waals surface area contributed by atoms with Gasteiger partial charge in [-0.05, 0) is 61.4 Å². The average molecular weight is 352 g/mol. The zero-order valence-electron chi connectivity index (χ0n) is 15.5. The summed E-state index contributed by atoms with van der Waals surface area (Å²) < 4.78 is 0. The molecule has 4 rings (SSSR count). The van der Waals surface area contributed by atoms with E-state index in [-0.39, 0.29) is 6.04 Å². The van der Waals surface area contributed by atoms with Gasteiger partial charge in [-0.1, -0.05) is 60.7 Å². The van der Waals surface area contributed by atoms with Crippen LogP contribution in [0, 0.1) is 6.92 Å². The maximum Gasteiger partial charge on any atom is 0.0561 e. The van der Waals surface area contributed by atoms with E-state index in [1.807, 2.05) is 18.2 Å². The van der Waals surface area contributed by atoms with Gasteiger partial charge in [0, 0.05) is 22.8 Å². The Morgan fingerprint density at radius 3 is 2.19 bits per heavy atom. The summed E-state index contributed by atoms with van der Waals surface area (Å²) in [6.45, 7) is 2.14. The fraction of sp³-hybridized carbons (Fsp3) is 0.120. The lowest BCUT2D eigenvalue weighted by atomic mass is 10.0. The zero-order chi connectivity index (χ0) is 18.5. The molecule has 0 saturated carbocycles. The molecule has 0 fully saturated rings. The number of para-hydroxylation sites is 2. The lowest BCUT2D eigenvalue weighted by Gasteiger charge is -2.33. The van der Waals surface area contributed by atoms with Crippen LogP contribution >= 0.6 is 0 Å². The summed E-state index contributed by atoms with van der Waals surface area (Å²) in [7, 11) is 0. The predicted molar refractivity (Wildman–Crippen MR) is 115 cm³/mol. The van der Waals surface area contributed by atoms with Crippen LogP contribution in [0.1, 0.15) is 12.0 Å². The molecule has 3 aromatic rings. The van der Waals surface area contributed by atoms with E-state index < -0.39 is 0 Å². The van der Waals surface area contributed by atoms with E-state index in [0.717, 1.165) is 17.8 Å². The molecule has 1 aliphatic rings. The molecule has 0 saturated heterocycles. The summed E-state index contributed by atoms with van der Waals surface area (Å²) in [5.74, 6) is 0. The van der Waals surface area contributed by atoms with Crippen LogP contribution in [0.5, 0.6) is 0 Å². The van der Waals surface area contributed by atoms with Crippen molar-refractivity contribution in [1.82, 2.24) is 0 Å². The van der Waals surface area contributed by atoms with Gasteiger partial charge in [-0.15, -0.1) is 0 Å². The van der Waals surface area contributed by atoms with Gasteiger partial charge < -0.3 is 10.2 Å². The highest BCUT2D eigenvalue weighted by Gasteiger charge is 2.20. The van der Waals surface area contributed by atoms with Gasteiger partial charge in [0.15, 0.2) is 0 Å². The Labute approximate surface area is 161 Å². The van der Waals surface area contributed by atoms with Crippen LogP contribution in [0.25, 0.3) is 0 Å². The van der Waals surface area contributed by atoms with E-state index in [0.29, 0.717) is 0 Å². The van der Waals surface area contributed by atoms with E-state index in [4.69, 9.17) is 0 Å². The van der Waals surface area contributed by atoms with Crippen molar-refractivity contribution in [2.75, 3.05) is 10.2 Å². The Kier molecular flexibility index (Phi) is 5.06. The highest BCUT2D eigenvalue weighted by molar-refractivity contribution is 5.66. The molecule has 2 nitrogen and oxygen atoms in total. The third-order valence-corrected chi connectivity index (χ3v) is 4.79. The van der Waals surface area contributed by atoms with E-state index in [2.05, 4.69) is 102 Å². The normalized spacial score (nSPS) is 15.9. The average Bonchev–Trinajstić information content (AvgIpc) is 2.71. The highest BCUT2D eigenvalue weighted by atomic mass is 15.2. The SMILES string of the molecule is Cc1cccc(N(c2ccccc2)C2C=CC(Nc3ccccc3)=CC2)c1. The number of rotatable bonds is 5. The van der Waals surface area contributed by atoms with Crippen molar-refractivity contribution < 1.29 is 0 Å². The molecular formula is C25H24N2. The molecule has 0 bridgehead atoms. The molecule has 27 heavy (non-hydrogen) atoms. The number of benzene rings is 3. The second-order valence-corrected chi connectivity index (χ2v) is 6.86. The fourth-order valence-electron chi connectivity index (χ4n) is 3.48. The zero-order valence-corrected chi connectivity index (χ0v) is 15.5. The van der Waals surface area contributed by atoms with Gasteiger partial charge in [0.05, 0.1) is 6.04 Å². The molecule has 0 aliphatic heterocycles. The summed E-state index contributed by atoms with van der Waals surface area (Å²) in [6.07, 6.45) is 7.71. The van der Waals surface area contributed by atoms with Crippen molar-refractivity contribution in [1.29, 1.82) is 0 Å². The van der Waals surface area contributed by atoms with Crippen LogP contribution in [0.15, 0.2) is 109 Å². The summed E-state index contributed by atoms with van der Waals surface area (Å²) in [5, 5.41) is 3.48. The molecule has 3 aromatic carbocycles. The van der Waals surface area contributed by atoms with Crippen LogP contribution in [-0.4, -0.2) is 6.04 Å². The monoisotopic (exact) mass is 352 g/mol. The molecule has 1 unspecified atom stereocenters. The first-order chi connectivity index (χ1) is 13.3. The van der Waals surface area contributed by atoms with E-state index in [9.17, 15) is 0 Å². The maximum atomic E-state index is 3.48. The quantitative estimate of drug-likeness (QED) is 0.567. The number of aryl methyl sites for hydroxylation is 1. The summed E-state index contributed by atoms with van der Waals surface area (Å²) in [4.78, 5) is 2.42. The van der Waals surface area contributed by atoms with Gasteiger partial charge in [0.25, 0.3) is 0 Å². The second kappa shape index (κ2) is 7.96. The van der Waals surface area contributed by atoms with Crippen molar-refractivity contribution in [3.63, 3.8) is 0 Å². The molecule has 0 spiro atoms. The topological polar surface area (TPSA) is 15.3 Å². The summed E-state index contributed by atoms with van der Waals surface area (Å²) >= 11 is 0. The fourth-order valence-corrected chi connectivity index (χ4v) is 3.48. The van der Waals surface area contributed by atoms with Crippen LogP contribution < -0.4 is 10.2 Å². The van der Waals surface area contributed by atoms with Crippen molar-refractivity contribution >= 4 is 17.1 Å². The summed E-state index contributed by atoms with van der Waals surface area (Å²) in [6, 6.07) is 29.9. The van der Waals surface area contributed by atoms with Crippen LogP contribution in [-0.2, 0) is 0 Å². The van der Waals surface area contributed by atoms with Gasteiger partial charge in [-0.3, -0.25) is 0 Å². The third kappa shape index (κ3) is 4.12. The molecule has 1 N–H and O–H groups in total. The standard InChI is InChI=1S/C25H24N2/c1-20-9-8-14-25(19-20)27(23-12-6-3-7-13-23)24-17-15-22(16-18-24)26-21-10-4-2-5-11-21/h2-17,19,24,26H,18H2,1H3. The number of hydrogen-bond acceptors (Lipinski definition) is 2. The van der Waals surface area contributed by atoms with E-state index >= 15 is 0 Å². The van der Waals surface area contributed by atoms with Gasteiger partial charge in [-0.25, -0.2) is 0 Å². The van der Waals surface area contributed by atoms with Crippen LogP contribution in [0.2, 0.25) is 0 Å². The largest absolute Gasteiger partial charge is 0.356 e. The van der Waals surface area contributed by atoms with Crippen LogP contribution in [0.3, 0.4) is 0 Å². The number of nitrogens with one attached hydrogen (secondary N) is 1. The lowest BCUT2D eigenvalue weighted by molar-refractivity contribution is 0.779. The molecule has 1 aliphatic carbocycles. The van der Waals surface area contributed by atoms with Gasteiger partial charge >= 0.3 is 0 Å². The van der Waals surface area contributed by atoms with Crippen molar-refractivity contribution in [3.8, 4) is 0 Å². The van der Waals surface area contributed by atoms with Crippen molar-refractivity contribution in [3.05, 3.63) is 114 Å². The Balaban J connectivity index is 1.58. The minimum absolute atomic E-state index is 0.288. The molecule has 0 radical (unpaired) electrons. The Bertz CT molecular complexity index is 942. The van der Waals surface area contributed by atoms with Gasteiger partial charge in [0.2, 0.25) is 0 Å². The first kappa shape index (κ1) is 17.2. The minimum Gasteiger partial charge on any atom is -0.356 e.